The molecule has 0 saturated carbocycles. The molecule has 1 aromatic carbocycles. The summed E-state index contributed by atoms with van der Waals surface area (Å²) in [6.07, 6.45) is 2.74. The van der Waals surface area contributed by atoms with Gasteiger partial charge in [0, 0.05) is 5.56 Å². The molecule has 0 aliphatic rings. The van der Waals surface area contributed by atoms with E-state index in [1.807, 2.05) is 26.0 Å². The van der Waals surface area contributed by atoms with Crippen LogP contribution in [-0.2, 0) is 11.2 Å². The third kappa shape index (κ3) is 4.37. The van der Waals surface area contributed by atoms with Crippen molar-refractivity contribution in [1.82, 2.24) is 5.32 Å². The van der Waals surface area contributed by atoms with E-state index in [4.69, 9.17) is 5.11 Å². The molecule has 110 valence electrons. The Morgan fingerprint density at radius 2 is 1.80 bits per heavy atom. The van der Waals surface area contributed by atoms with Gasteiger partial charge in [-0.3, -0.25) is 4.79 Å². The van der Waals surface area contributed by atoms with Crippen LogP contribution in [0, 0.1) is 5.92 Å². The van der Waals surface area contributed by atoms with Gasteiger partial charge < -0.3 is 10.4 Å². The first-order valence-corrected chi connectivity index (χ1v) is 7.12. The number of amides is 1. The average molecular weight is 277 g/mol. The molecule has 0 aromatic heterocycles. The maximum absolute atomic E-state index is 12.1. The van der Waals surface area contributed by atoms with E-state index in [2.05, 4.69) is 12.2 Å². The third-order valence-electron chi connectivity index (χ3n) is 3.52. The van der Waals surface area contributed by atoms with Crippen molar-refractivity contribution in [1.29, 1.82) is 0 Å². The monoisotopic (exact) mass is 277 g/mol. The van der Waals surface area contributed by atoms with Crippen molar-refractivity contribution in [2.75, 3.05) is 0 Å². The molecule has 1 amide bonds. The van der Waals surface area contributed by atoms with Crippen LogP contribution in [0.1, 0.15) is 49.5 Å². The molecular formula is C16H23NO3. The second-order valence-corrected chi connectivity index (χ2v) is 5.12. The normalized spacial score (nSPS) is 13.6. The van der Waals surface area contributed by atoms with Crippen LogP contribution in [0.3, 0.4) is 0 Å². The summed E-state index contributed by atoms with van der Waals surface area (Å²) in [5.41, 5.74) is 1.68. The largest absolute Gasteiger partial charge is 0.480 e. The molecule has 0 aliphatic carbocycles. The van der Waals surface area contributed by atoms with Crippen molar-refractivity contribution < 1.29 is 14.7 Å². The molecule has 2 N–H and O–H groups in total. The lowest BCUT2D eigenvalue weighted by Gasteiger charge is -2.20. The quantitative estimate of drug-likeness (QED) is 0.805. The van der Waals surface area contributed by atoms with Crippen molar-refractivity contribution in [3.63, 3.8) is 0 Å². The highest BCUT2D eigenvalue weighted by Gasteiger charge is 2.25. The van der Waals surface area contributed by atoms with Crippen LogP contribution in [-0.4, -0.2) is 23.0 Å². The van der Waals surface area contributed by atoms with Gasteiger partial charge in [0.2, 0.25) is 0 Å². The van der Waals surface area contributed by atoms with E-state index in [0.717, 1.165) is 12.8 Å². The number of nitrogens with one attached hydrogen (secondary N) is 1. The maximum atomic E-state index is 12.1. The van der Waals surface area contributed by atoms with E-state index in [-0.39, 0.29) is 11.8 Å². The Kier molecular flexibility index (Phi) is 6.22. The fraction of sp³-hybridized carbons (Fsp3) is 0.500. The minimum atomic E-state index is -0.990. The van der Waals surface area contributed by atoms with Gasteiger partial charge in [-0.25, -0.2) is 4.79 Å². The molecule has 1 aromatic rings. The predicted molar refractivity (Wildman–Crippen MR) is 78.8 cm³/mol. The summed E-state index contributed by atoms with van der Waals surface area (Å²) < 4.78 is 0. The van der Waals surface area contributed by atoms with E-state index in [1.165, 1.54) is 5.56 Å². The van der Waals surface area contributed by atoms with Crippen LogP contribution in [0.15, 0.2) is 24.3 Å². The molecule has 0 heterocycles. The Balaban J connectivity index is 2.76. The van der Waals surface area contributed by atoms with Gasteiger partial charge in [-0.2, -0.15) is 0 Å². The maximum Gasteiger partial charge on any atom is 0.326 e. The molecule has 0 aliphatic heterocycles. The van der Waals surface area contributed by atoms with Crippen LogP contribution in [0.2, 0.25) is 0 Å². The van der Waals surface area contributed by atoms with Gasteiger partial charge in [0.1, 0.15) is 6.04 Å². The number of benzene rings is 1. The number of carbonyl (C=O) groups excluding carboxylic acids is 1. The number of aliphatic carboxylic acids is 1. The van der Waals surface area contributed by atoms with Gasteiger partial charge in [0.15, 0.2) is 0 Å². The van der Waals surface area contributed by atoms with E-state index in [0.29, 0.717) is 12.0 Å². The van der Waals surface area contributed by atoms with E-state index in [1.54, 1.807) is 12.1 Å². The van der Waals surface area contributed by atoms with Crippen molar-refractivity contribution in [3.05, 3.63) is 35.4 Å². The molecule has 0 fully saturated rings. The number of carbonyl (C=O) groups is 2. The van der Waals surface area contributed by atoms with Crippen LogP contribution >= 0.6 is 0 Å². The highest BCUT2D eigenvalue weighted by atomic mass is 16.4. The SMILES string of the molecule is CCCc1ccc(C(=O)NC(C(=O)O)C(C)CC)cc1. The summed E-state index contributed by atoms with van der Waals surface area (Å²) in [7, 11) is 0. The van der Waals surface area contributed by atoms with Gasteiger partial charge >= 0.3 is 5.97 Å². The van der Waals surface area contributed by atoms with Crippen molar-refractivity contribution in [2.45, 2.75) is 46.1 Å². The fourth-order valence-electron chi connectivity index (χ4n) is 2.02. The van der Waals surface area contributed by atoms with E-state index >= 15 is 0 Å². The predicted octanol–water partition coefficient (Wildman–Crippen LogP) is 2.87. The smallest absolute Gasteiger partial charge is 0.326 e. The second-order valence-electron chi connectivity index (χ2n) is 5.12. The zero-order chi connectivity index (χ0) is 15.1. The first-order valence-electron chi connectivity index (χ1n) is 7.12. The molecule has 0 bridgehead atoms. The van der Waals surface area contributed by atoms with Crippen molar-refractivity contribution >= 4 is 11.9 Å². The number of rotatable bonds is 7. The van der Waals surface area contributed by atoms with Gasteiger partial charge in [0.25, 0.3) is 5.91 Å². The lowest BCUT2D eigenvalue weighted by atomic mass is 9.98. The third-order valence-corrected chi connectivity index (χ3v) is 3.52. The van der Waals surface area contributed by atoms with Crippen LogP contribution < -0.4 is 5.32 Å². The van der Waals surface area contributed by atoms with Crippen molar-refractivity contribution in [3.8, 4) is 0 Å². The molecule has 20 heavy (non-hydrogen) atoms. The number of aryl methyl sites for hydroxylation is 1. The highest BCUT2D eigenvalue weighted by molar-refractivity contribution is 5.96. The highest BCUT2D eigenvalue weighted by Crippen LogP contribution is 2.11. The summed E-state index contributed by atoms with van der Waals surface area (Å²) >= 11 is 0. The zero-order valence-corrected chi connectivity index (χ0v) is 12.3. The molecule has 4 nitrogen and oxygen atoms in total. The number of carboxylic acids is 1. The van der Waals surface area contributed by atoms with E-state index < -0.39 is 12.0 Å². The van der Waals surface area contributed by atoms with Crippen LogP contribution in [0.4, 0.5) is 0 Å². The Morgan fingerprint density at radius 1 is 1.20 bits per heavy atom. The second kappa shape index (κ2) is 7.68. The topological polar surface area (TPSA) is 66.4 Å². The number of hydrogen-bond donors (Lipinski definition) is 2. The van der Waals surface area contributed by atoms with Crippen LogP contribution in [0.25, 0.3) is 0 Å². The molecule has 0 radical (unpaired) electrons. The summed E-state index contributed by atoms with van der Waals surface area (Å²) in [6, 6.07) is 6.48. The van der Waals surface area contributed by atoms with Crippen LogP contribution in [0.5, 0.6) is 0 Å². The molecule has 1 rings (SSSR count). The molecule has 2 unspecified atom stereocenters. The van der Waals surface area contributed by atoms with Gasteiger partial charge in [-0.15, -0.1) is 0 Å². The Morgan fingerprint density at radius 3 is 2.25 bits per heavy atom. The Labute approximate surface area is 120 Å². The summed E-state index contributed by atoms with van der Waals surface area (Å²) in [6.45, 7) is 5.83. The first-order chi connectivity index (χ1) is 9.49. The summed E-state index contributed by atoms with van der Waals surface area (Å²) in [5, 5.41) is 11.8. The molecule has 4 heteroatoms. The number of hydrogen-bond acceptors (Lipinski definition) is 2. The molecule has 2 atom stereocenters. The van der Waals surface area contributed by atoms with Gasteiger partial charge in [-0.1, -0.05) is 45.7 Å². The van der Waals surface area contributed by atoms with E-state index in [9.17, 15) is 9.59 Å². The minimum absolute atomic E-state index is 0.101. The molecule has 0 spiro atoms. The average Bonchev–Trinajstić information content (AvgIpc) is 2.44. The number of carboxylic acid groups (broad SMARTS) is 1. The van der Waals surface area contributed by atoms with Crippen molar-refractivity contribution in [2.24, 2.45) is 5.92 Å². The van der Waals surface area contributed by atoms with Gasteiger partial charge in [-0.05, 0) is 30.0 Å². The molecular weight excluding hydrogens is 254 g/mol. The lowest BCUT2D eigenvalue weighted by molar-refractivity contribution is -0.140. The summed E-state index contributed by atoms with van der Waals surface area (Å²) in [5.74, 6) is -1.42. The fourth-order valence-corrected chi connectivity index (χ4v) is 2.02. The summed E-state index contributed by atoms with van der Waals surface area (Å²) in [4.78, 5) is 23.3. The first kappa shape index (κ1) is 16.2. The lowest BCUT2D eigenvalue weighted by Crippen LogP contribution is -2.45. The zero-order valence-electron chi connectivity index (χ0n) is 12.3. The van der Waals surface area contributed by atoms with Gasteiger partial charge in [0.05, 0.1) is 0 Å². The molecule has 0 saturated heterocycles. The Hall–Kier alpha value is -1.84. The standard InChI is InChI=1S/C16H23NO3/c1-4-6-12-7-9-13(10-8-12)15(18)17-14(16(19)20)11(3)5-2/h7-11,14H,4-6H2,1-3H3,(H,17,18)(H,19,20). The minimum Gasteiger partial charge on any atom is -0.480 e. The Bertz CT molecular complexity index is 453.